The summed E-state index contributed by atoms with van der Waals surface area (Å²) in [5, 5.41) is 2.09. The Bertz CT molecular complexity index is 550. The number of aromatic amines is 1. The maximum Gasteiger partial charge on any atom is 0.223 e. The zero-order valence-electron chi connectivity index (χ0n) is 12.1. The van der Waals surface area contributed by atoms with Gasteiger partial charge >= 0.3 is 0 Å². The smallest absolute Gasteiger partial charge is 0.223 e. The van der Waals surface area contributed by atoms with Crippen molar-refractivity contribution in [2.24, 2.45) is 0 Å². The van der Waals surface area contributed by atoms with E-state index in [1.807, 2.05) is 11.1 Å². The van der Waals surface area contributed by atoms with Crippen LogP contribution in [0.2, 0.25) is 0 Å². The maximum absolute atomic E-state index is 12.5. The van der Waals surface area contributed by atoms with E-state index in [4.69, 9.17) is 0 Å². The molecule has 0 bridgehead atoms. The second-order valence-electron chi connectivity index (χ2n) is 5.51. The molecule has 1 aliphatic rings. The molecule has 1 saturated heterocycles. The molecule has 3 rings (SSSR count). The Kier molecular flexibility index (Phi) is 4.70. The number of likely N-dealkylation sites (tertiary alicyclic amines) is 1. The van der Waals surface area contributed by atoms with Crippen LogP contribution in [0.1, 0.15) is 48.8 Å². The van der Waals surface area contributed by atoms with Gasteiger partial charge in [-0.25, -0.2) is 4.98 Å². The average Bonchev–Trinajstić information content (AvgIpc) is 3.20. The SMILES string of the molecule is O=C(CCCc1cccs1)N1CCCCC1c1ncc[nH]1. The summed E-state index contributed by atoms with van der Waals surface area (Å²) in [6.45, 7) is 0.864. The number of rotatable bonds is 5. The van der Waals surface area contributed by atoms with Crippen LogP contribution in [0.5, 0.6) is 0 Å². The third kappa shape index (κ3) is 3.53. The molecule has 21 heavy (non-hydrogen) atoms. The molecule has 0 aliphatic carbocycles. The lowest BCUT2D eigenvalue weighted by molar-refractivity contribution is -0.135. The molecule has 0 saturated carbocycles. The topological polar surface area (TPSA) is 49.0 Å². The Labute approximate surface area is 129 Å². The van der Waals surface area contributed by atoms with E-state index >= 15 is 0 Å². The number of thiophene rings is 1. The molecular weight excluding hydrogens is 282 g/mol. The van der Waals surface area contributed by atoms with Gasteiger partial charge in [-0.3, -0.25) is 4.79 Å². The molecule has 1 aliphatic heterocycles. The predicted molar refractivity (Wildman–Crippen MR) is 84.1 cm³/mol. The number of piperidine rings is 1. The fourth-order valence-corrected chi connectivity index (χ4v) is 3.74. The highest BCUT2D eigenvalue weighted by Gasteiger charge is 2.28. The summed E-state index contributed by atoms with van der Waals surface area (Å²) in [5.74, 6) is 1.20. The Morgan fingerprint density at radius 1 is 1.48 bits per heavy atom. The van der Waals surface area contributed by atoms with Gasteiger partial charge in [0, 0.05) is 30.2 Å². The summed E-state index contributed by atoms with van der Waals surface area (Å²) in [7, 11) is 0. The van der Waals surface area contributed by atoms with Gasteiger partial charge in [0.1, 0.15) is 5.82 Å². The lowest BCUT2D eigenvalue weighted by Gasteiger charge is -2.34. The number of nitrogens with zero attached hydrogens (tertiary/aromatic N) is 2. The molecule has 1 N–H and O–H groups in total. The number of aryl methyl sites for hydroxylation is 1. The third-order valence-electron chi connectivity index (χ3n) is 4.05. The van der Waals surface area contributed by atoms with Crippen molar-refractivity contribution in [3.63, 3.8) is 0 Å². The van der Waals surface area contributed by atoms with E-state index in [2.05, 4.69) is 27.5 Å². The highest BCUT2D eigenvalue weighted by molar-refractivity contribution is 7.09. The van der Waals surface area contributed by atoms with Crippen LogP contribution >= 0.6 is 11.3 Å². The monoisotopic (exact) mass is 303 g/mol. The maximum atomic E-state index is 12.5. The third-order valence-corrected chi connectivity index (χ3v) is 4.99. The fraction of sp³-hybridized carbons (Fsp3) is 0.500. The minimum Gasteiger partial charge on any atom is -0.347 e. The van der Waals surface area contributed by atoms with Crippen LogP contribution in [0.3, 0.4) is 0 Å². The van der Waals surface area contributed by atoms with Gasteiger partial charge in [0.2, 0.25) is 5.91 Å². The minimum atomic E-state index is 0.142. The normalized spacial score (nSPS) is 18.9. The highest BCUT2D eigenvalue weighted by atomic mass is 32.1. The fourth-order valence-electron chi connectivity index (χ4n) is 2.99. The molecule has 1 fully saturated rings. The van der Waals surface area contributed by atoms with E-state index in [0.29, 0.717) is 6.42 Å². The van der Waals surface area contributed by atoms with E-state index in [-0.39, 0.29) is 11.9 Å². The van der Waals surface area contributed by atoms with Crippen LogP contribution in [0.25, 0.3) is 0 Å². The molecule has 2 aromatic heterocycles. The first-order chi connectivity index (χ1) is 10.3. The second-order valence-corrected chi connectivity index (χ2v) is 6.54. The van der Waals surface area contributed by atoms with E-state index < -0.39 is 0 Å². The van der Waals surface area contributed by atoms with E-state index in [9.17, 15) is 4.79 Å². The predicted octanol–water partition coefficient (Wildman–Crippen LogP) is 3.55. The van der Waals surface area contributed by atoms with Gasteiger partial charge in [-0.15, -0.1) is 11.3 Å². The molecule has 0 spiro atoms. The average molecular weight is 303 g/mol. The van der Waals surface area contributed by atoms with Gasteiger partial charge in [0.15, 0.2) is 0 Å². The number of hydrogen-bond acceptors (Lipinski definition) is 3. The van der Waals surface area contributed by atoms with Crippen LogP contribution in [-0.2, 0) is 11.2 Å². The van der Waals surface area contributed by atoms with Crippen LogP contribution in [0.4, 0.5) is 0 Å². The van der Waals surface area contributed by atoms with Crippen molar-refractivity contribution < 1.29 is 4.79 Å². The molecule has 2 aromatic rings. The molecule has 1 unspecified atom stereocenters. The van der Waals surface area contributed by atoms with Gasteiger partial charge in [0.25, 0.3) is 0 Å². The van der Waals surface area contributed by atoms with Crippen molar-refractivity contribution >= 4 is 17.2 Å². The standard InChI is InChI=1S/C16H21N3OS/c20-15(8-3-5-13-6-4-12-21-13)19-11-2-1-7-14(19)16-17-9-10-18-16/h4,6,9-10,12,14H,1-3,5,7-8,11H2,(H,17,18). The number of carbonyl (C=O) groups is 1. The van der Waals surface area contributed by atoms with Gasteiger partial charge in [-0.1, -0.05) is 6.07 Å². The first-order valence-corrected chi connectivity index (χ1v) is 8.53. The summed E-state index contributed by atoms with van der Waals surface area (Å²) in [6, 6.07) is 4.35. The Hall–Kier alpha value is -1.62. The first-order valence-electron chi connectivity index (χ1n) is 7.66. The second kappa shape index (κ2) is 6.89. The summed E-state index contributed by atoms with van der Waals surface area (Å²) in [5.41, 5.74) is 0. The van der Waals surface area contributed by atoms with Crippen LogP contribution < -0.4 is 0 Å². The van der Waals surface area contributed by atoms with E-state index in [1.165, 1.54) is 11.3 Å². The Morgan fingerprint density at radius 3 is 3.19 bits per heavy atom. The van der Waals surface area contributed by atoms with Gasteiger partial charge < -0.3 is 9.88 Å². The Balaban J connectivity index is 1.56. The quantitative estimate of drug-likeness (QED) is 0.918. The number of carbonyl (C=O) groups excluding carboxylic acids is 1. The molecule has 0 radical (unpaired) electrons. The number of imidazole rings is 1. The van der Waals surface area contributed by atoms with Crippen LogP contribution in [0.15, 0.2) is 29.9 Å². The van der Waals surface area contributed by atoms with Crippen LogP contribution in [0, 0.1) is 0 Å². The van der Waals surface area contributed by atoms with Crippen molar-refractivity contribution in [1.82, 2.24) is 14.9 Å². The molecule has 0 aromatic carbocycles. The number of nitrogens with one attached hydrogen (secondary N) is 1. The number of hydrogen-bond donors (Lipinski definition) is 1. The van der Waals surface area contributed by atoms with E-state index in [1.54, 1.807) is 17.5 Å². The van der Waals surface area contributed by atoms with Crippen molar-refractivity contribution in [1.29, 1.82) is 0 Å². The Morgan fingerprint density at radius 2 is 2.43 bits per heavy atom. The van der Waals surface area contributed by atoms with Crippen LogP contribution in [-0.4, -0.2) is 27.3 Å². The lowest BCUT2D eigenvalue weighted by Crippen LogP contribution is -2.38. The molecular formula is C16H21N3OS. The number of H-pyrrole nitrogens is 1. The highest BCUT2D eigenvalue weighted by Crippen LogP contribution is 2.29. The summed E-state index contributed by atoms with van der Waals surface area (Å²) < 4.78 is 0. The van der Waals surface area contributed by atoms with Crippen molar-refractivity contribution in [2.45, 2.75) is 44.6 Å². The summed E-state index contributed by atoms with van der Waals surface area (Å²) in [6.07, 6.45) is 9.47. The number of amides is 1. The van der Waals surface area contributed by atoms with Crippen molar-refractivity contribution in [3.05, 3.63) is 40.6 Å². The molecule has 4 nitrogen and oxygen atoms in total. The van der Waals surface area contributed by atoms with Gasteiger partial charge in [-0.2, -0.15) is 0 Å². The molecule has 112 valence electrons. The van der Waals surface area contributed by atoms with Crippen molar-refractivity contribution in [3.8, 4) is 0 Å². The molecule has 1 amide bonds. The van der Waals surface area contributed by atoms with Crippen molar-refractivity contribution in [2.75, 3.05) is 6.54 Å². The minimum absolute atomic E-state index is 0.142. The summed E-state index contributed by atoms with van der Waals surface area (Å²) >= 11 is 1.77. The molecule has 5 heteroatoms. The molecule has 3 heterocycles. The zero-order valence-corrected chi connectivity index (χ0v) is 12.9. The van der Waals surface area contributed by atoms with E-state index in [0.717, 1.165) is 38.1 Å². The van der Waals surface area contributed by atoms with Gasteiger partial charge in [0.05, 0.1) is 6.04 Å². The largest absolute Gasteiger partial charge is 0.347 e. The molecule has 1 atom stereocenters. The lowest BCUT2D eigenvalue weighted by atomic mass is 10.0. The first kappa shape index (κ1) is 14.3. The summed E-state index contributed by atoms with van der Waals surface area (Å²) in [4.78, 5) is 23.4. The number of aromatic nitrogens is 2. The van der Waals surface area contributed by atoms with Gasteiger partial charge in [-0.05, 0) is 43.6 Å². The zero-order chi connectivity index (χ0) is 14.5.